The van der Waals surface area contributed by atoms with Crippen molar-refractivity contribution in [2.75, 3.05) is 19.8 Å². The highest BCUT2D eigenvalue weighted by Crippen LogP contribution is 2.27. The summed E-state index contributed by atoms with van der Waals surface area (Å²) in [5.74, 6) is 0.297. The molecule has 15 heavy (non-hydrogen) atoms. The van der Waals surface area contributed by atoms with Gasteiger partial charge in [0.15, 0.2) is 12.1 Å². The van der Waals surface area contributed by atoms with E-state index in [1.54, 1.807) is 6.92 Å². The summed E-state index contributed by atoms with van der Waals surface area (Å²) >= 11 is 0. The molecule has 0 amide bonds. The molecule has 0 radical (unpaired) electrons. The van der Waals surface area contributed by atoms with Gasteiger partial charge in [0.05, 0.1) is 13.2 Å². The Morgan fingerprint density at radius 2 is 2.60 bits per heavy atom. The van der Waals surface area contributed by atoms with Crippen LogP contribution in [-0.2, 0) is 9.47 Å². The lowest BCUT2D eigenvalue weighted by molar-refractivity contribution is 0.0516. The van der Waals surface area contributed by atoms with Gasteiger partial charge in [-0.3, -0.25) is 0 Å². The maximum Gasteiger partial charge on any atom is 0.360 e. The van der Waals surface area contributed by atoms with E-state index in [1.807, 2.05) is 0 Å². The second-order valence-electron chi connectivity index (χ2n) is 3.35. The number of aromatic nitrogens is 1. The summed E-state index contributed by atoms with van der Waals surface area (Å²) in [7, 11) is 0. The first kappa shape index (κ1) is 10.2. The quantitative estimate of drug-likeness (QED) is 0.706. The van der Waals surface area contributed by atoms with Crippen LogP contribution in [0.1, 0.15) is 35.5 Å². The fourth-order valence-corrected chi connectivity index (χ4v) is 1.64. The smallest absolute Gasteiger partial charge is 0.360 e. The van der Waals surface area contributed by atoms with Crippen molar-refractivity contribution < 1.29 is 18.7 Å². The third-order valence-electron chi connectivity index (χ3n) is 2.36. The highest BCUT2D eigenvalue weighted by atomic mass is 16.5. The van der Waals surface area contributed by atoms with Gasteiger partial charge in [0.25, 0.3) is 0 Å². The van der Waals surface area contributed by atoms with Crippen molar-refractivity contribution in [3.63, 3.8) is 0 Å². The van der Waals surface area contributed by atoms with Crippen molar-refractivity contribution in [2.45, 2.75) is 19.3 Å². The molecule has 0 aromatic carbocycles. The van der Waals surface area contributed by atoms with Crippen LogP contribution in [0.25, 0.3) is 0 Å². The van der Waals surface area contributed by atoms with Crippen LogP contribution in [0.3, 0.4) is 0 Å². The maximum absolute atomic E-state index is 11.5. The molecule has 0 spiro atoms. The highest BCUT2D eigenvalue weighted by Gasteiger charge is 2.28. The molecule has 1 fully saturated rings. The van der Waals surface area contributed by atoms with Crippen molar-refractivity contribution in [3.05, 3.63) is 17.8 Å². The lowest BCUT2D eigenvalue weighted by Crippen LogP contribution is -2.10. The Morgan fingerprint density at radius 3 is 3.27 bits per heavy atom. The van der Waals surface area contributed by atoms with Gasteiger partial charge in [-0.15, -0.1) is 0 Å². The average Bonchev–Trinajstić information content (AvgIpc) is 2.88. The van der Waals surface area contributed by atoms with Crippen LogP contribution in [0.2, 0.25) is 0 Å². The third-order valence-corrected chi connectivity index (χ3v) is 2.36. The monoisotopic (exact) mass is 211 g/mol. The number of oxazole rings is 1. The molecule has 1 aliphatic rings. The van der Waals surface area contributed by atoms with Crippen LogP contribution in [-0.4, -0.2) is 30.8 Å². The molecule has 0 saturated carbocycles. The number of carbonyl (C=O) groups is 1. The Kier molecular flexibility index (Phi) is 3.01. The minimum atomic E-state index is -0.423. The van der Waals surface area contributed by atoms with Crippen LogP contribution in [0.4, 0.5) is 0 Å². The van der Waals surface area contributed by atoms with Gasteiger partial charge in [-0.25, -0.2) is 9.78 Å². The van der Waals surface area contributed by atoms with E-state index in [9.17, 15) is 4.79 Å². The molecule has 2 heterocycles. The van der Waals surface area contributed by atoms with E-state index in [0.717, 1.165) is 6.42 Å². The number of nitrogens with zero attached hydrogens (tertiary/aromatic N) is 1. The number of hydrogen-bond donors (Lipinski definition) is 0. The van der Waals surface area contributed by atoms with Crippen LogP contribution in [0, 0.1) is 0 Å². The van der Waals surface area contributed by atoms with Gasteiger partial charge in [-0.2, -0.15) is 0 Å². The van der Waals surface area contributed by atoms with Gasteiger partial charge < -0.3 is 13.9 Å². The first-order chi connectivity index (χ1) is 7.33. The zero-order chi connectivity index (χ0) is 10.7. The van der Waals surface area contributed by atoms with Crippen LogP contribution in [0.15, 0.2) is 10.8 Å². The molecule has 1 aromatic rings. The molecule has 2 rings (SSSR count). The molecule has 1 unspecified atom stereocenters. The average molecular weight is 211 g/mol. The van der Waals surface area contributed by atoms with E-state index in [4.69, 9.17) is 13.9 Å². The van der Waals surface area contributed by atoms with Gasteiger partial charge in [0.2, 0.25) is 0 Å². The van der Waals surface area contributed by atoms with E-state index in [1.165, 1.54) is 6.39 Å². The van der Waals surface area contributed by atoms with Crippen molar-refractivity contribution in [1.29, 1.82) is 0 Å². The molecule has 0 aliphatic carbocycles. The van der Waals surface area contributed by atoms with Crippen molar-refractivity contribution in [1.82, 2.24) is 4.98 Å². The fraction of sp³-hybridized carbons (Fsp3) is 0.600. The van der Waals surface area contributed by atoms with Crippen molar-refractivity contribution >= 4 is 5.97 Å². The molecule has 0 N–H and O–H groups in total. The van der Waals surface area contributed by atoms with Crippen LogP contribution < -0.4 is 0 Å². The zero-order valence-electron chi connectivity index (χ0n) is 8.56. The van der Waals surface area contributed by atoms with Crippen molar-refractivity contribution in [2.24, 2.45) is 0 Å². The summed E-state index contributed by atoms with van der Waals surface area (Å²) in [6.45, 7) is 3.39. The topological polar surface area (TPSA) is 61.6 Å². The summed E-state index contributed by atoms with van der Waals surface area (Å²) in [6, 6.07) is 0. The van der Waals surface area contributed by atoms with E-state index in [-0.39, 0.29) is 11.6 Å². The van der Waals surface area contributed by atoms with Gasteiger partial charge in [0, 0.05) is 12.5 Å². The lowest BCUT2D eigenvalue weighted by atomic mass is 10.0. The molecule has 1 aliphatic heterocycles. The molecule has 5 heteroatoms. The predicted octanol–water partition coefficient (Wildman–Crippen LogP) is 1.36. The summed E-state index contributed by atoms with van der Waals surface area (Å²) in [6.07, 6.45) is 2.14. The maximum atomic E-state index is 11.5. The summed E-state index contributed by atoms with van der Waals surface area (Å²) < 4.78 is 15.3. The van der Waals surface area contributed by atoms with Gasteiger partial charge in [0.1, 0.15) is 5.76 Å². The standard InChI is InChI=1S/C10H13NO4/c1-2-14-10(12)8-9(15-6-11-8)7-3-4-13-5-7/h6-7H,2-5H2,1H3. The summed E-state index contributed by atoms with van der Waals surface area (Å²) in [5, 5.41) is 0. The fourth-order valence-electron chi connectivity index (χ4n) is 1.64. The lowest BCUT2D eigenvalue weighted by Gasteiger charge is -2.05. The van der Waals surface area contributed by atoms with Crippen LogP contribution in [0.5, 0.6) is 0 Å². The largest absolute Gasteiger partial charge is 0.461 e. The predicted molar refractivity (Wildman–Crippen MR) is 50.6 cm³/mol. The SMILES string of the molecule is CCOC(=O)c1ncoc1C1CCOC1. The Hall–Kier alpha value is -1.36. The molecule has 82 valence electrons. The molecular weight excluding hydrogens is 198 g/mol. The van der Waals surface area contributed by atoms with Gasteiger partial charge in [-0.1, -0.05) is 0 Å². The van der Waals surface area contributed by atoms with Gasteiger partial charge >= 0.3 is 5.97 Å². The molecule has 1 atom stereocenters. The number of esters is 1. The van der Waals surface area contributed by atoms with Crippen molar-refractivity contribution in [3.8, 4) is 0 Å². The molecule has 1 aromatic heterocycles. The Morgan fingerprint density at radius 1 is 1.73 bits per heavy atom. The second kappa shape index (κ2) is 4.44. The van der Waals surface area contributed by atoms with E-state index >= 15 is 0 Å². The van der Waals surface area contributed by atoms with Crippen LogP contribution >= 0.6 is 0 Å². The van der Waals surface area contributed by atoms with E-state index < -0.39 is 5.97 Å². The Balaban J connectivity index is 2.17. The first-order valence-electron chi connectivity index (χ1n) is 5.01. The normalized spacial score (nSPS) is 20.5. The summed E-state index contributed by atoms with van der Waals surface area (Å²) in [5.41, 5.74) is 0.285. The minimum absolute atomic E-state index is 0.131. The van der Waals surface area contributed by atoms with Gasteiger partial charge in [-0.05, 0) is 13.3 Å². The first-order valence-corrected chi connectivity index (χ1v) is 5.01. The number of ether oxygens (including phenoxy) is 2. The molecule has 5 nitrogen and oxygen atoms in total. The minimum Gasteiger partial charge on any atom is -0.461 e. The number of rotatable bonds is 3. The second-order valence-corrected chi connectivity index (χ2v) is 3.35. The molecular formula is C10H13NO4. The zero-order valence-corrected chi connectivity index (χ0v) is 8.56. The van der Waals surface area contributed by atoms with E-state index in [2.05, 4.69) is 4.98 Å². The number of carbonyl (C=O) groups excluding carboxylic acids is 1. The molecule has 0 bridgehead atoms. The number of hydrogen-bond acceptors (Lipinski definition) is 5. The summed E-state index contributed by atoms with van der Waals surface area (Å²) in [4.78, 5) is 15.4. The molecule has 1 saturated heterocycles. The highest BCUT2D eigenvalue weighted by molar-refractivity contribution is 5.88. The Bertz CT molecular complexity index is 341. The Labute approximate surface area is 87.4 Å². The third kappa shape index (κ3) is 2.02. The van der Waals surface area contributed by atoms with E-state index in [0.29, 0.717) is 25.6 Å².